The van der Waals surface area contributed by atoms with Crippen molar-refractivity contribution in [1.29, 1.82) is 0 Å². The molecule has 1 aromatic carbocycles. The Balaban J connectivity index is 2.65. The summed E-state index contributed by atoms with van der Waals surface area (Å²) in [7, 11) is 0. The van der Waals surface area contributed by atoms with Crippen LogP contribution in [0.2, 0.25) is 5.02 Å². The highest BCUT2D eigenvalue weighted by Crippen LogP contribution is 2.18. The minimum atomic E-state index is -1.35. The molecular weight excluding hydrogens is 201 g/mol. The van der Waals surface area contributed by atoms with Crippen molar-refractivity contribution in [2.45, 2.75) is 32.0 Å². The average molecular weight is 216 g/mol. The molecule has 78 valence electrons. The summed E-state index contributed by atoms with van der Waals surface area (Å²) in [6.45, 7) is 2.99. The topological polar surface area (TPSA) is 26.0 Å². The molecule has 1 unspecified atom stereocenters. The van der Waals surface area contributed by atoms with Gasteiger partial charge in [0.15, 0.2) is 0 Å². The van der Waals surface area contributed by atoms with E-state index in [0.29, 0.717) is 11.4 Å². The molecular formula is C11H15ClFN. The van der Waals surface area contributed by atoms with Crippen LogP contribution in [0, 0.1) is 0 Å². The van der Waals surface area contributed by atoms with Gasteiger partial charge < -0.3 is 5.73 Å². The minimum absolute atomic E-state index is 0.483. The Morgan fingerprint density at radius 2 is 1.86 bits per heavy atom. The molecule has 1 rings (SSSR count). The normalized spacial score (nSPS) is 14.1. The van der Waals surface area contributed by atoms with E-state index in [-0.39, 0.29) is 0 Å². The first-order valence-electron chi connectivity index (χ1n) is 4.58. The molecule has 2 N–H and O–H groups in total. The largest absolute Gasteiger partial charge is 0.325 e. The van der Waals surface area contributed by atoms with Gasteiger partial charge in [-0.2, -0.15) is 0 Å². The van der Waals surface area contributed by atoms with Gasteiger partial charge in [-0.3, -0.25) is 0 Å². The summed E-state index contributed by atoms with van der Waals surface area (Å²) in [6.07, 6.45) is 0.528. The monoisotopic (exact) mass is 215 g/mol. The van der Waals surface area contributed by atoms with Gasteiger partial charge in [-0.1, -0.05) is 23.7 Å². The van der Waals surface area contributed by atoms with Gasteiger partial charge in [-0.25, -0.2) is 4.39 Å². The maximum atomic E-state index is 13.4. The lowest BCUT2D eigenvalue weighted by atomic mass is 9.95. The van der Waals surface area contributed by atoms with Gasteiger partial charge in [0, 0.05) is 11.1 Å². The van der Waals surface area contributed by atoms with E-state index in [4.69, 9.17) is 17.3 Å². The molecule has 1 atom stereocenters. The lowest BCUT2D eigenvalue weighted by Crippen LogP contribution is -2.41. The fourth-order valence-corrected chi connectivity index (χ4v) is 1.24. The van der Waals surface area contributed by atoms with Gasteiger partial charge in [-0.05, 0) is 38.0 Å². The molecule has 0 aromatic heterocycles. The molecule has 0 fully saturated rings. The SMILES string of the molecule is CC(C)(F)C(N)Cc1ccc(Cl)cc1. The molecule has 0 spiro atoms. The second-order valence-electron chi connectivity index (χ2n) is 4.00. The smallest absolute Gasteiger partial charge is 0.120 e. The Bertz CT molecular complexity index is 289. The molecule has 0 saturated heterocycles. The van der Waals surface area contributed by atoms with Crippen LogP contribution in [0.25, 0.3) is 0 Å². The first-order chi connectivity index (χ1) is 6.39. The van der Waals surface area contributed by atoms with Crippen LogP contribution >= 0.6 is 11.6 Å². The van der Waals surface area contributed by atoms with Gasteiger partial charge in [0.2, 0.25) is 0 Å². The van der Waals surface area contributed by atoms with Gasteiger partial charge in [0.25, 0.3) is 0 Å². The van der Waals surface area contributed by atoms with Crippen LogP contribution in [-0.4, -0.2) is 11.7 Å². The van der Waals surface area contributed by atoms with Crippen molar-refractivity contribution in [2.75, 3.05) is 0 Å². The van der Waals surface area contributed by atoms with E-state index in [1.54, 1.807) is 12.1 Å². The van der Waals surface area contributed by atoms with Crippen LogP contribution in [0.5, 0.6) is 0 Å². The van der Waals surface area contributed by atoms with Gasteiger partial charge in [-0.15, -0.1) is 0 Å². The van der Waals surface area contributed by atoms with Crippen molar-refractivity contribution in [3.8, 4) is 0 Å². The second-order valence-corrected chi connectivity index (χ2v) is 4.44. The summed E-state index contributed by atoms with van der Waals surface area (Å²) in [5.74, 6) is 0. The summed E-state index contributed by atoms with van der Waals surface area (Å²) in [5.41, 5.74) is 5.37. The van der Waals surface area contributed by atoms with E-state index >= 15 is 0 Å². The molecule has 3 heteroatoms. The highest BCUT2D eigenvalue weighted by Gasteiger charge is 2.25. The van der Waals surface area contributed by atoms with Crippen molar-refractivity contribution < 1.29 is 4.39 Å². The highest BCUT2D eigenvalue weighted by molar-refractivity contribution is 6.30. The Hall–Kier alpha value is -0.600. The van der Waals surface area contributed by atoms with Crippen LogP contribution in [0.1, 0.15) is 19.4 Å². The Labute approximate surface area is 89.1 Å². The predicted octanol–water partition coefficient (Wildman–Crippen LogP) is 2.96. The quantitative estimate of drug-likeness (QED) is 0.825. The molecule has 1 aromatic rings. The summed E-state index contributed by atoms with van der Waals surface area (Å²) in [5, 5.41) is 0.682. The summed E-state index contributed by atoms with van der Waals surface area (Å²) in [4.78, 5) is 0. The summed E-state index contributed by atoms with van der Waals surface area (Å²) in [6, 6.07) is 6.83. The van der Waals surface area contributed by atoms with Crippen molar-refractivity contribution in [3.05, 3.63) is 34.9 Å². The number of hydrogen-bond acceptors (Lipinski definition) is 1. The lowest BCUT2D eigenvalue weighted by molar-refractivity contribution is 0.172. The number of nitrogens with two attached hydrogens (primary N) is 1. The number of rotatable bonds is 3. The summed E-state index contributed by atoms with van der Waals surface area (Å²) >= 11 is 5.73. The third kappa shape index (κ3) is 3.28. The minimum Gasteiger partial charge on any atom is -0.325 e. The second kappa shape index (κ2) is 4.28. The third-order valence-corrected chi connectivity index (χ3v) is 2.50. The number of alkyl halides is 1. The highest BCUT2D eigenvalue weighted by atomic mass is 35.5. The van der Waals surface area contributed by atoms with E-state index in [1.807, 2.05) is 12.1 Å². The van der Waals surface area contributed by atoms with Crippen LogP contribution in [0.4, 0.5) is 4.39 Å². The lowest BCUT2D eigenvalue weighted by Gasteiger charge is -2.22. The van der Waals surface area contributed by atoms with E-state index in [9.17, 15) is 4.39 Å². The first kappa shape index (κ1) is 11.5. The van der Waals surface area contributed by atoms with E-state index in [0.717, 1.165) is 5.56 Å². The van der Waals surface area contributed by atoms with Crippen LogP contribution in [-0.2, 0) is 6.42 Å². The van der Waals surface area contributed by atoms with Gasteiger partial charge in [0.1, 0.15) is 5.67 Å². The molecule has 0 radical (unpaired) electrons. The van der Waals surface area contributed by atoms with E-state index in [1.165, 1.54) is 13.8 Å². The van der Waals surface area contributed by atoms with Crippen LogP contribution in [0.3, 0.4) is 0 Å². The Kier molecular flexibility index (Phi) is 3.51. The zero-order valence-corrected chi connectivity index (χ0v) is 9.18. The van der Waals surface area contributed by atoms with E-state index < -0.39 is 11.7 Å². The van der Waals surface area contributed by atoms with Gasteiger partial charge >= 0.3 is 0 Å². The molecule has 0 aliphatic rings. The van der Waals surface area contributed by atoms with Crippen LogP contribution in [0.15, 0.2) is 24.3 Å². The molecule has 0 amide bonds. The molecule has 0 aliphatic heterocycles. The Morgan fingerprint density at radius 3 is 2.29 bits per heavy atom. The van der Waals surface area contributed by atoms with Crippen molar-refractivity contribution in [2.24, 2.45) is 5.73 Å². The van der Waals surface area contributed by atoms with Crippen molar-refractivity contribution in [3.63, 3.8) is 0 Å². The van der Waals surface area contributed by atoms with Crippen LogP contribution < -0.4 is 5.73 Å². The molecule has 0 aliphatic carbocycles. The zero-order chi connectivity index (χ0) is 10.8. The van der Waals surface area contributed by atoms with Crippen molar-refractivity contribution >= 4 is 11.6 Å². The molecule has 0 bridgehead atoms. The first-order valence-corrected chi connectivity index (χ1v) is 4.96. The number of halogens is 2. The maximum absolute atomic E-state index is 13.4. The fraction of sp³-hybridized carbons (Fsp3) is 0.455. The fourth-order valence-electron chi connectivity index (χ4n) is 1.12. The molecule has 0 saturated carbocycles. The van der Waals surface area contributed by atoms with Gasteiger partial charge in [0.05, 0.1) is 0 Å². The zero-order valence-electron chi connectivity index (χ0n) is 8.43. The average Bonchev–Trinajstić information content (AvgIpc) is 2.07. The predicted molar refractivity (Wildman–Crippen MR) is 58.3 cm³/mol. The third-order valence-electron chi connectivity index (χ3n) is 2.25. The molecule has 14 heavy (non-hydrogen) atoms. The molecule has 1 nitrogen and oxygen atoms in total. The maximum Gasteiger partial charge on any atom is 0.120 e. The number of hydrogen-bond donors (Lipinski definition) is 1. The molecule has 0 heterocycles. The van der Waals surface area contributed by atoms with Crippen molar-refractivity contribution in [1.82, 2.24) is 0 Å². The Morgan fingerprint density at radius 1 is 1.36 bits per heavy atom. The van der Waals surface area contributed by atoms with E-state index in [2.05, 4.69) is 0 Å². The standard InChI is InChI=1S/C11H15ClFN/c1-11(2,13)10(14)7-8-3-5-9(12)6-4-8/h3-6,10H,7,14H2,1-2H3. The number of benzene rings is 1. The summed E-state index contributed by atoms with van der Waals surface area (Å²) < 4.78 is 13.4.